The van der Waals surface area contributed by atoms with Gasteiger partial charge in [0.2, 0.25) is 5.91 Å². The van der Waals surface area contributed by atoms with E-state index in [0.29, 0.717) is 0 Å². The quantitative estimate of drug-likeness (QED) is 0.561. The summed E-state index contributed by atoms with van der Waals surface area (Å²) in [4.78, 5) is 28.6. The number of thiazole rings is 1. The molecule has 2 aromatic rings. The second kappa shape index (κ2) is 9.58. The van der Waals surface area contributed by atoms with Crippen LogP contribution in [0.15, 0.2) is 40.1 Å². The number of carbonyl (C=O) groups is 2. The van der Waals surface area contributed by atoms with Gasteiger partial charge >= 0.3 is 5.97 Å². The number of nitrogens with one attached hydrogen (secondary N) is 1. The van der Waals surface area contributed by atoms with Crippen LogP contribution in [0.4, 0.5) is 0 Å². The van der Waals surface area contributed by atoms with Crippen LogP contribution in [0.1, 0.15) is 20.3 Å². The molecule has 1 aromatic carbocycles. The number of thioether (sulfide) groups is 1. The van der Waals surface area contributed by atoms with Crippen molar-refractivity contribution in [2.45, 2.75) is 30.6 Å². The molecule has 1 heterocycles. The van der Waals surface area contributed by atoms with Crippen LogP contribution in [0.2, 0.25) is 0 Å². The lowest BCUT2D eigenvalue weighted by Crippen LogP contribution is -2.46. The first-order valence-corrected chi connectivity index (χ1v) is 9.92. The molecule has 1 N–H and O–H groups in total. The monoisotopic (exact) mass is 378 g/mol. The number of hydrogen-bond donors (Lipinski definition) is 1. The minimum absolute atomic E-state index is 0.0194. The first kappa shape index (κ1) is 19.5. The molecule has 0 radical (unpaired) electrons. The summed E-state index contributed by atoms with van der Waals surface area (Å²) < 4.78 is 5.61. The highest BCUT2D eigenvalue weighted by Crippen LogP contribution is 2.28. The number of hydrogen-bond acceptors (Lipinski definition) is 6. The van der Waals surface area contributed by atoms with Gasteiger partial charge in [0.15, 0.2) is 4.34 Å². The summed E-state index contributed by atoms with van der Waals surface area (Å²) >= 11 is 2.87. The Bertz CT molecular complexity index is 703. The van der Waals surface area contributed by atoms with E-state index in [4.69, 9.17) is 4.74 Å². The number of rotatable bonds is 8. The fraction of sp³-hybridized carbons (Fsp3) is 0.389. The van der Waals surface area contributed by atoms with Crippen LogP contribution in [-0.4, -0.2) is 35.8 Å². The molecule has 0 aliphatic heterocycles. The molecule has 0 saturated carbocycles. The molecule has 7 heteroatoms. The topological polar surface area (TPSA) is 68.3 Å². The molecule has 0 saturated heterocycles. The van der Waals surface area contributed by atoms with E-state index >= 15 is 0 Å². The second-order valence-electron chi connectivity index (χ2n) is 5.61. The number of carbonyl (C=O) groups excluding carboxylic acids is 2. The Hall–Kier alpha value is -1.86. The summed E-state index contributed by atoms with van der Waals surface area (Å²) in [5, 5.41) is 4.75. The molecule has 25 heavy (non-hydrogen) atoms. The maximum atomic E-state index is 12.2. The van der Waals surface area contributed by atoms with Crippen LogP contribution < -0.4 is 5.32 Å². The summed E-state index contributed by atoms with van der Waals surface area (Å²) in [6.45, 7) is 3.89. The molecule has 1 amide bonds. The Kier molecular flexibility index (Phi) is 7.46. The van der Waals surface area contributed by atoms with Crippen molar-refractivity contribution in [1.82, 2.24) is 10.3 Å². The average Bonchev–Trinajstić information content (AvgIpc) is 3.13. The predicted molar refractivity (Wildman–Crippen MR) is 102 cm³/mol. The van der Waals surface area contributed by atoms with E-state index in [0.717, 1.165) is 22.0 Å². The number of benzene rings is 1. The van der Waals surface area contributed by atoms with Crippen LogP contribution in [0.3, 0.4) is 0 Å². The lowest BCUT2D eigenvalue weighted by atomic mass is 9.99. The fourth-order valence-electron chi connectivity index (χ4n) is 2.20. The Labute approximate surface area is 156 Å². The van der Waals surface area contributed by atoms with Gasteiger partial charge in [-0.3, -0.25) is 4.79 Å². The van der Waals surface area contributed by atoms with Gasteiger partial charge in [-0.25, -0.2) is 9.78 Å². The Balaban J connectivity index is 1.91. The van der Waals surface area contributed by atoms with Crippen molar-refractivity contribution >= 4 is 35.0 Å². The minimum atomic E-state index is -0.612. The molecule has 5 nitrogen and oxygen atoms in total. The smallest absolute Gasteiger partial charge is 0.328 e. The van der Waals surface area contributed by atoms with E-state index in [1.165, 1.54) is 30.2 Å². The van der Waals surface area contributed by atoms with Crippen LogP contribution in [-0.2, 0) is 14.3 Å². The average molecular weight is 379 g/mol. The van der Waals surface area contributed by atoms with E-state index in [9.17, 15) is 9.59 Å². The molecule has 2 rings (SSSR count). The highest BCUT2D eigenvalue weighted by molar-refractivity contribution is 8.01. The molecule has 0 aliphatic carbocycles. The van der Waals surface area contributed by atoms with Crippen LogP contribution >= 0.6 is 23.1 Å². The Morgan fingerprint density at radius 3 is 2.68 bits per heavy atom. The van der Waals surface area contributed by atoms with Crippen molar-refractivity contribution in [2.75, 3.05) is 12.9 Å². The highest BCUT2D eigenvalue weighted by Gasteiger charge is 2.26. The van der Waals surface area contributed by atoms with Crippen molar-refractivity contribution in [3.05, 3.63) is 35.7 Å². The molecule has 0 aliphatic rings. The molecule has 0 bridgehead atoms. The number of ether oxygens (including phenoxy) is 1. The molecule has 0 spiro atoms. The van der Waals surface area contributed by atoms with Crippen LogP contribution in [0.25, 0.3) is 11.3 Å². The van der Waals surface area contributed by atoms with Gasteiger partial charge in [0.1, 0.15) is 6.04 Å². The van der Waals surface area contributed by atoms with E-state index in [1.807, 2.05) is 49.6 Å². The number of esters is 1. The zero-order chi connectivity index (χ0) is 18.2. The number of nitrogens with zero attached hydrogens (tertiary/aromatic N) is 1. The third-order valence-electron chi connectivity index (χ3n) is 3.86. The molecule has 1 aromatic heterocycles. The number of aromatic nitrogens is 1. The van der Waals surface area contributed by atoms with Gasteiger partial charge in [-0.15, -0.1) is 11.3 Å². The zero-order valence-corrected chi connectivity index (χ0v) is 16.2. The third-order valence-corrected chi connectivity index (χ3v) is 5.89. The van der Waals surface area contributed by atoms with E-state index in [2.05, 4.69) is 10.3 Å². The third kappa shape index (κ3) is 5.57. The summed E-state index contributed by atoms with van der Waals surface area (Å²) in [6.07, 6.45) is 0.778. The lowest BCUT2D eigenvalue weighted by molar-refractivity contribution is -0.146. The molecule has 0 unspecified atom stereocenters. The van der Waals surface area contributed by atoms with Gasteiger partial charge in [0.25, 0.3) is 0 Å². The fourth-order valence-corrected chi connectivity index (χ4v) is 3.85. The summed E-state index contributed by atoms with van der Waals surface area (Å²) in [5.74, 6) is -0.373. The van der Waals surface area contributed by atoms with Gasteiger partial charge < -0.3 is 10.1 Å². The summed E-state index contributed by atoms with van der Waals surface area (Å²) in [7, 11) is 1.33. The SMILES string of the molecule is CC[C@@H](C)[C@@H](NC(=O)CSc1nc(-c2ccccc2)cs1)C(=O)OC. The van der Waals surface area contributed by atoms with Gasteiger partial charge in [0.05, 0.1) is 18.6 Å². The molecule has 0 fully saturated rings. The zero-order valence-electron chi connectivity index (χ0n) is 14.5. The van der Waals surface area contributed by atoms with Gasteiger partial charge in [0, 0.05) is 10.9 Å². The normalized spacial score (nSPS) is 13.1. The molecular weight excluding hydrogens is 356 g/mol. The second-order valence-corrected chi connectivity index (χ2v) is 7.69. The van der Waals surface area contributed by atoms with E-state index < -0.39 is 12.0 Å². The first-order valence-electron chi connectivity index (χ1n) is 8.06. The summed E-state index contributed by atoms with van der Waals surface area (Å²) in [5.41, 5.74) is 1.96. The van der Waals surface area contributed by atoms with Gasteiger partial charge in [-0.05, 0) is 5.92 Å². The highest BCUT2D eigenvalue weighted by atomic mass is 32.2. The molecule has 2 atom stereocenters. The van der Waals surface area contributed by atoms with E-state index in [1.54, 1.807) is 0 Å². The lowest BCUT2D eigenvalue weighted by Gasteiger charge is -2.21. The van der Waals surface area contributed by atoms with Gasteiger partial charge in [-0.1, -0.05) is 62.4 Å². The summed E-state index contributed by atoms with van der Waals surface area (Å²) in [6, 6.07) is 9.30. The largest absolute Gasteiger partial charge is 0.467 e. The number of amides is 1. The Morgan fingerprint density at radius 2 is 2.04 bits per heavy atom. The molecular formula is C18H22N2O3S2. The maximum absolute atomic E-state index is 12.2. The molecule has 134 valence electrons. The van der Waals surface area contributed by atoms with Crippen molar-refractivity contribution in [3.63, 3.8) is 0 Å². The predicted octanol–water partition coefficient (Wildman–Crippen LogP) is 3.61. The van der Waals surface area contributed by atoms with Crippen LogP contribution in [0, 0.1) is 5.92 Å². The van der Waals surface area contributed by atoms with E-state index in [-0.39, 0.29) is 17.6 Å². The number of methoxy groups -OCH3 is 1. The van der Waals surface area contributed by atoms with Crippen molar-refractivity contribution < 1.29 is 14.3 Å². The maximum Gasteiger partial charge on any atom is 0.328 e. The van der Waals surface area contributed by atoms with Gasteiger partial charge in [-0.2, -0.15) is 0 Å². The van der Waals surface area contributed by atoms with Crippen molar-refractivity contribution in [2.24, 2.45) is 5.92 Å². The Morgan fingerprint density at radius 1 is 1.32 bits per heavy atom. The minimum Gasteiger partial charge on any atom is -0.467 e. The standard InChI is InChI=1S/C18H22N2O3S2/c1-4-12(2)16(17(22)23-3)20-15(21)11-25-18-19-14(10-24-18)13-8-6-5-7-9-13/h5-10,12,16H,4,11H2,1-3H3,(H,20,21)/t12-,16-/m1/s1. The van der Waals surface area contributed by atoms with Crippen molar-refractivity contribution in [3.8, 4) is 11.3 Å². The van der Waals surface area contributed by atoms with Crippen LogP contribution in [0.5, 0.6) is 0 Å². The first-order chi connectivity index (χ1) is 12.0. The van der Waals surface area contributed by atoms with Crippen molar-refractivity contribution in [1.29, 1.82) is 0 Å².